The number of amides is 1. The van der Waals surface area contributed by atoms with Crippen LogP contribution in [0.5, 0.6) is 0 Å². The maximum absolute atomic E-state index is 12.5. The molecule has 2 unspecified atom stereocenters. The minimum Gasteiger partial charge on any atom is -0.481 e. The second-order valence-corrected chi connectivity index (χ2v) is 7.05. The Morgan fingerprint density at radius 3 is 2.40 bits per heavy atom. The standard InChI is InChI=1S/C16H29NO3/c1-5-7-12-8-6-10-17(11-9-12)14(18)13(15(19)20)16(2,3)4/h12-13H,5-11H2,1-4H3,(H,19,20). The fourth-order valence-electron chi connectivity index (χ4n) is 3.11. The van der Waals surface area contributed by atoms with Gasteiger partial charge >= 0.3 is 5.97 Å². The summed E-state index contributed by atoms with van der Waals surface area (Å²) in [5, 5.41) is 9.37. The molecular weight excluding hydrogens is 254 g/mol. The van der Waals surface area contributed by atoms with E-state index in [0.717, 1.165) is 19.3 Å². The molecule has 0 aliphatic carbocycles. The maximum Gasteiger partial charge on any atom is 0.316 e. The van der Waals surface area contributed by atoms with Crippen LogP contribution in [0.2, 0.25) is 0 Å². The summed E-state index contributed by atoms with van der Waals surface area (Å²) in [5.41, 5.74) is -0.544. The second-order valence-electron chi connectivity index (χ2n) is 7.05. The Labute approximate surface area is 122 Å². The molecule has 0 radical (unpaired) electrons. The molecule has 2 atom stereocenters. The van der Waals surface area contributed by atoms with Gasteiger partial charge in [-0.15, -0.1) is 0 Å². The van der Waals surface area contributed by atoms with E-state index in [1.54, 1.807) is 4.90 Å². The van der Waals surface area contributed by atoms with Crippen molar-refractivity contribution in [3.05, 3.63) is 0 Å². The number of carboxylic acids is 1. The first-order chi connectivity index (χ1) is 9.27. The summed E-state index contributed by atoms with van der Waals surface area (Å²) < 4.78 is 0. The highest BCUT2D eigenvalue weighted by Gasteiger charge is 2.40. The maximum atomic E-state index is 12.5. The van der Waals surface area contributed by atoms with Crippen LogP contribution in [0.3, 0.4) is 0 Å². The van der Waals surface area contributed by atoms with Crippen LogP contribution in [-0.4, -0.2) is 35.0 Å². The zero-order valence-corrected chi connectivity index (χ0v) is 13.3. The summed E-state index contributed by atoms with van der Waals surface area (Å²) in [6, 6.07) is 0. The predicted octanol–water partition coefficient (Wildman–Crippen LogP) is 3.16. The van der Waals surface area contributed by atoms with Crippen molar-refractivity contribution in [1.82, 2.24) is 4.90 Å². The monoisotopic (exact) mass is 283 g/mol. The zero-order chi connectivity index (χ0) is 15.3. The van der Waals surface area contributed by atoms with Crippen LogP contribution in [0.1, 0.15) is 59.8 Å². The Bertz CT molecular complexity index is 346. The van der Waals surface area contributed by atoms with Gasteiger partial charge in [0, 0.05) is 13.1 Å². The van der Waals surface area contributed by atoms with Gasteiger partial charge in [-0.3, -0.25) is 9.59 Å². The van der Waals surface area contributed by atoms with E-state index in [2.05, 4.69) is 6.92 Å². The third kappa shape index (κ3) is 4.50. The van der Waals surface area contributed by atoms with Crippen molar-refractivity contribution in [2.24, 2.45) is 17.3 Å². The third-order valence-electron chi connectivity index (χ3n) is 4.22. The predicted molar refractivity (Wildman–Crippen MR) is 79.4 cm³/mol. The molecule has 0 aromatic rings. The van der Waals surface area contributed by atoms with Gasteiger partial charge in [0.2, 0.25) is 5.91 Å². The van der Waals surface area contributed by atoms with E-state index in [1.807, 2.05) is 20.8 Å². The van der Waals surface area contributed by atoms with Gasteiger partial charge in [0.1, 0.15) is 5.92 Å². The van der Waals surface area contributed by atoms with Crippen LogP contribution in [0.4, 0.5) is 0 Å². The number of hydrogen-bond acceptors (Lipinski definition) is 2. The Kier molecular flexibility index (Phi) is 6.03. The number of aliphatic carboxylic acids is 1. The largest absolute Gasteiger partial charge is 0.481 e. The molecule has 1 heterocycles. The van der Waals surface area contributed by atoms with E-state index in [0.29, 0.717) is 19.0 Å². The molecule has 1 saturated heterocycles. The van der Waals surface area contributed by atoms with Gasteiger partial charge in [0.25, 0.3) is 0 Å². The van der Waals surface area contributed by atoms with Gasteiger partial charge in [0.05, 0.1) is 0 Å². The quantitative estimate of drug-likeness (QED) is 0.806. The first kappa shape index (κ1) is 17.0. The van der Waals surface area contributed by atoms with Crippen molar-refractivity contribution in [2.75, 3.05) is 13.1 Å². The molecule has 1 amide bonds. The fourth-order valence-corrected chi connectivity index (χ4v) is 3.11. The molecule has 116 valence electrons. The summed E-state index contributed by atoms with van der Waals surface area (Å²) in [6.07, 6.45) is 5.55. The topological polar surface area (TPSA) is 57.6 Å². The summed E-state index contributed by atoms with van der Waals surface area (Å²) in [4.78, 5) is 25.8. The van der Waals surface area contributed by atoms with Crippen molar-refractivity contribution in [3.63, 3.8) is 0 Å². The molecule has 20 heavy (non-hydrogen) atoms. The highest BCUT2D eigenvalue weighted by Crippen LogP contribution is 2.30. The molecule has 4 heteroatoms. The first-order valence-corrected chi connectivity index (χ1v) is 7.79. The Hall–Kier alpha value is -1.06. The van der Waals surface area contributed by atoms with Crippen molar-refractivity contribution in [3.8, 4) is 0 Å². The van der Waals surface area contributed by atoms with E-state index in [9.17, 15) is 14.7 Å². The summed E-state index contributed by atoms with van der Waals surface area (Å²) in [6.45, 7) is 9.07. The second kappa shape index (κ2) is 7.09. The molecule has 1 fully saturated rings. The molecule has 0 aromatic carbocycles. The summed E-state index contributed by atoms with van der Waals surface area (Å²) in [7, 11) is 0. The normalized spacial score (nSPS) is 22.2. The number of hydrogen-bond donors (Lipinski definition) is 1. The van der Waals surface area contributed by atoms with Gasteiger partial charge in [-0.2, -0.15) is 0 Å². The third-order valence-corrected chi connectivity index (χ3v) is 4.22. The lowest BCUT2D eigenvalue weighted by Gasteiger charge is -2.31. The minimum atomic E-state index is -1.00. The molecule has 1 aliphatic heterocycles. The first-order valence-electron chi connectivity index (χ1n) is 7.79. The number of carbonyl (C=O) groups excluding carboxylic acids is 1. The lowest BCUT2D eigenvalue weighted by Crippen LogP contribution is -2.45. The van der Waals surface area contributed by atoms with E-state index in [1.165, 1.54) is 12.8 Å². The van der Waals surface area contributed by atoms with Crippen LogP contribution in [0.15, 0.2) is 0 Å². The molecule has 0 aromatic heterocycles. The smallest absolute Gasteiger partial charge is 0.316 e. The van der Waals surface area contributed by atoms with Crippen LogP contribution < -0.4 is 0 Å². The number of carboxylic acid groups (broad SMARTS) is 1. The van der Waals surface area contributed by atoms with Crippen LogP contribution >= 0.6 is 0 Å². The lowest BCUT2D eigenvalue weighted by molar-refractivity contribution is -0.156. The Balaban J connectivity index is 2.73. The van der Waals surface area contributed by atoms with Crippen LogP contribution in [0.25, 0.3) is 0 Å². The molecule has 0 bridgehead atoms. The van der Waals surface area contributed by atoms with Gasteiger partial charge in [-0.05, 0) is 30.6 Å². The van der Waals surface area contributed by atoms with E-state index in [-0.39, 0.29) is 5.91 Å². The molecule has 1 aliphatic rings. The zero-order valence-electron chi connectivity index (χ0n) is 13.3. The van der Waals surface area contributed by atoms with E-state index < -0.39 is 17.3 Å². The van der Waals surface area contributed by atoms with Gasteiger partial charge < -0.3 is 10.0 Å². The minimum absolute atomic E-state index is 0.206. The van der Waals surface area contributed by atoms with Crippen molar-refractivity contribution in [1.29, 1.82) is 0 Å². The molecule has 1 rings (SSSR count). The number of nitrogens with zero attached hydrogens (tertiary/aromatic N) is 1. The average Bonchev–Trinajstić information content (AvgIpc) is 2.52. The van der Waals surface area contributed by atoms with Crippen molar-refractivity contribution >= 4 is 11.9 Å². The number of likely N-dealkylation sites (tertiary alicyclic amines) is 1. The van der Waals surface area contributed by atoms with E-state index >= 15 is 0 Å². The fraction of sp³-hybridized carbons (Fsp3) is 0.875. The van der Waals surface area contributed by atoms with Gasteiger partial charge in [-0.25, -0.2) is 0 Å². The Morgan fingerprint density at radius 2 is 1.90 bits per heavy atom. The molecule has 0 saturated carbocycles. The van der Waals surface area contributed by atoms with Gasteiger partial charge in [0.15, 0.2) is 0 Å². The highest BCUT2D eigenvalue weighted by molar-refractivity contribution is 5.97. The van der Waals surface area contributed by atoms with Crippen LogP contribution in [-0.2, 0) is 9.59 Å². The van der Waals surface area contributed by atoms with Crippen molar-refractivity contribution in [2.45, 2.75) is 59.8 Å². The number of carbonyl (C=O) groups is 2. The SMILES string of the molecule is CCCC1CCCN(C(=O)C(C(=O)O)C(C)(C)C)CC1. The molecule has 1 N–H and O–H groups in total. The lowest BCUT2D eigenvalue weighted by atomic mass is 9.80. The summed E-state index contributed by atoms with van der Waals surface area (Å²) >= 11 is 0. The molecular formula is C16H29NO3. The van der Waals surface area contributed by atoms with Crippen LogP contribution in [0, 0.1) is 17.3 Å². The molecule has 0 spiro atoms. The highest BCUT2D eigenvalue weighted by atomic mass is 16.4. The average molecular weight is 283 g/mol. The van der Waals surface area contributed by atoms with Gasteiger partial charge in [-0.1, -0.05) is 40.5 Å². The molecule has 4 nitrogen and oxygen atoms in total. The number of rotatable bonds is 4. The van der Waals surface area contributed by atoms with E-state index in [4.69, 9.17) is 0 Å². The van der Waals surface area contributed by atoms with Crippen molar-refractivity contribution < 1.29 is 14.7 Å². The Morgan fingerprint density at radius 1 is 1.25 bits per heavy atom. The summed E-state index contributed by atoms with van der Waals surface area (Å²) in [5.74, 6) is -1.46.